The quantitative estimate of drug-likeness (QED) is 0.657. The largest absolute Gasteiger partial charge is 0.383 e. The second-order valence-corrected chi connectivity index (χ2v) is 5.01. The van der Waals surface area contributed by atoms with E-state index in [1.165, 1.54) is 12.8 Å². The number of hydrogen-bond acceptors (Lipinski definition) is 4. The smallest absolute Gasteiger partial charge is 0.122 e. The summed E-state index contributed by atoms with van der Waals surface area (Å²) in [5.41, 5.74) is -0.349. The highest BCUT2D eigenvalue weighted by molar-refractivity contribution is 5.16. The summed E-state index contributed by atoms with van der Waals surface area (Å²) in [7, 11) is 3.77. The second-order valence-electron chi connectivity index (χ2n) is 5.01. The minimum absolute atomic E-state index is 0.349. The van der Waals surface area contributed by atoms with Crippen LogP contribution in [0.2, 0.25) is 0 Å². The summed E-state index contributed by atoms with van der Waals surface area (Å²) >= 11 is 0. The van der Waals surface area contributed by atoms with Crippen molar-refractivity contribution in [1.82, 2.24) is 10.2 Å². The molecule has 1 N–H and O–H groups in total. The average Bonchev–Trinajstić information content (AvgIpc) is 3.16. The van der Waals surface area contributed by atoms with E-state index in [-0.39, 0.29) is 5.54 Å². The Labute approximate surface area is 105 Å². The fourth-order valence-corrected chi connectivity index (χ4v) is 2.17. The van der Waals surface area contributed by atoms with Gasteiger partial charge in [-0.05, 0) is 38.8 Å². The van der Waals surface area contributed by atoms with Gasteiger partial charge in [0.1, 0.15) is 5.54 Å². The van der Waals surface area contributed by atoms with Gasteiger partial charge in [0.05, 0.1) is 12.7 Å². The van der Waals surface area contributed by atoms with Gasteiger partial charge in [0, 0.05) is 20.2 Å². The SMILES string of the molecule is CCCNC(C#N)(CN(C)CCOC)C1CC1. The van der Waals surface area contributed by atoms with E-state index in [9.17, 15) is 5.26 Å². The molecule has 1 aliphatic rings. The maximum absolute atomic E-state index is 9.52. The highest BCUT2D eigenvalue weighted by atomic mass is 16.5. The van der Waals surface area contributed by atoms with Crippen LogP contribution in [-0.4, -0.2) is 50.8 Å². The highest BCUT2D eigenvalue weighted by Crippen LogP contribution is 2.39. The number of likely N-dealkylation sites (N-methyl/N-ethyl adjacent to an activating group) is 1. The lowest BCUT2D eigenvalue weighted by atomic mass is 9.94. The van der Waals surface area contributed by atoms with E-state index in [0.717, 1.165) is 32.7 Å². The summed E-state index contributed by atoms with van der Waals surface area (Å²) in [4.78, 5) is 2.19. The highest BCUT2D eigenvalue weighted by Gasteiger charge is 2.45. The van der Waals surface area contributed by atoms with Crippen molar-refractivity contribution in [3.05, 3.63) is 0 Å². The Morgan fingerprint density at radius 2 is 2.24 bits per heavy atom. The molecule has 0 radical (unpaired) electrons. The fraction of sp³-hybridized carbons (Fsp3) is 0.923. The Morgan fingerprint density at radius 1 is 1.53 bits per heavy atom. The number of nitrogens with zero attached hydrogens (tertiary/aromatic N) is 2. The van der Waals surface area contributed by atoms with Crippen LogP contribution in [0.4, 0.5) is 0 Å². The third-order valence-corrected chi connectivity index (χ3v) is 3.36. The maximum Gasteiger partial charge on any atom is 0.122 e. The van der Waals surface area contributed by atoms with E-state index >= 15 is 0 Å². The molecular weight excluding hydrogens is 214 g/mol. The molecule has 1 rings (SSSR count). The van der Waals surface area contributed by atoms with Crippen LogP contribution in [0.15, 0.2) is 0 Å². The van der Waals surface area contributed by atoms with Gasteiger partial charge < -0.3 is 9.64 Å². The van der Waals surface area contributed by atoms with Crippen LogP contribution in [0.25, 0.3) is 0 Å². The van der Waals surface area contributed by atoms with E-state index in [0.29, 0.717) is 5.92 Å². The number of ether oxygens (including phenoxy) is 1. The summed E-state index contributed by atoms with van der Waals surface area (Å²) in [6.07, 6.45) is 3.43. The molecule has 0 aromatic carbocycles. The molecule has 0 bridgehead atoms. The third kappa shape index (κ3) is 4.27. The van der Waals surface area contributed by atoms with Crippen molar-refractivity contribution in [3.8, 4) is 6.07 Å². The summed E-state index contributed by atoms with van der Waals surface area (Å²) in [6.45, 7) is 5.44. The molecule has 0 aliphatic heterocycles. The van der Waals surface area contributed by atoms with E-state index in [4.69, 9.17) is 4.74 Å². The number of nitrogens with one attached hydrogen (secondary N) is 1. The first-order valence-electron chi connectivity index (χ1n) is 6.52. The molecule has 1 saturated carbocycles. The molecule has 17 heavy (non-hydrogen) atoms. The summed E-state index contributed by atoms with van der Waals surface area (Å²) in [5, 5.41) is 13.0. The predicted molar refractivity (Wildman–Crippen MR) is 68.7 cm³/mol. The zero-order valence-corrected chi connectivity index (χ0v) is 11.3. The lowest BCUT2D eigenvalue weighted by Crippen LogP contribution is -2.54. The normalized spacial score (nSPS) is 19.0. The van der Waals surface area contributed by atoms with E-state index in [1.807, 2.05) is 0 Å². The van der Waals surface area contributed by atoms with Crippen molar-refractivity contribution in [2.45, 2.75) is 31.7 Å². The van der Waals surface area contributed by atoms with Gasteiger partial charge in [0.25, 0.3) is 0 Å². The summed E-state index contributed by atoms with van der Waals surface area (Å²) < 4.78 is 5.07. The van der Waals surface area contributed by atoms with Gasteiger partial charge >= 0.3 is 0 Å². The lowest BCUT2D eigenvalue weighted by Gasteiger charge is -2.32. The van der Waals surface area contributed by atoms with Crippen LogP contribution in [0, 0.1) is 17.2 Å². The summed E-state index contributed by atoms with van der Waals surface area (Å²) in [6, 6.07) is 2.53. The molecule has 0 aromatic heterocycles. The van der Waals surface area contributed by atoms with Crippen LogP contribution >= 0.6 is 0 Å². The molecular formula is C13H25N3O. The Kier molecular flexibility index (Phi) is 5.90. The molecule has 0 heterocycles. The lowest BCUT2D eigenvalue weighted by molar-refractivity contribution is 0.143. The molecule has 1 aliphatic carbocycles. The fourth-order valence-electron chi connectivity index (χ4n) is 2.17. The van der Waals surface area contributed by atoms with E-state index in [2.05, 4.69) is 30.3 Å². The summed E-state index contributed by atoms with van der Waals surface area (Å²) in [5.74, 6) is 0.532. The van der Waals surface area contributed by atoms with Crippen molar-refractivity contribution < 1.29 is 4.74 Å². The first-order valence-corrected chi connectivity index (χ1v) is 6.52. The molecule has 1 fully saturated rings. The molecule has 0 saturated heterocycles. The molecule has 4 nitrogen and oxygen atoms in total. The van der Waals surface area contributed by atoms with E-state index in [1.54, 1.807) is 7.11 Å². The Hall–Kier alpha value is -0.630. The van der Waals surface area contributed by atoms with Crippen LogP contribution < -0.4 is 5.32 Å². The molecule has 4 heteroatoms. The van der Waals surface area contributed by atoms with Crippen molar-refractivity contribution in [3.63, 3.8) is 0 Å². The van der Waals surface area contributed by atoms with Crippen LogP contribution in [0.1, 0.15) is 26.2 Å². The standard InChI is InChI=1S/C13H25N3O/c1-4-7-15-13(10-14,12-5-6-12)11-16(2)8-9-17-3/h12,15H,4-9,11H2,1-3H3. The first kappa shape index (κ1) is 14.4. The number of hydrogen-bond donors (Lipinski definition) is 1. The number of rotatable bonds is 9. The van der Waals surface area contributed by atoms with Gasteiger partial charge in [-0.3, -0.25) is 5.32 Å². The number of nitriles is 1. The topological polar surface area (TPSA) is 48.3 Å². The van der Waals surface area contributed by atoms with Crippen molar-refractivity contribution in [1.29, 1.82) is 5.26 Å². The van der Waals surface area contributed by atoms with Crippen LogP contribution in [0.5, 0.6) is 0 Å². The molecule has 0 aromatic rings. The molecule has 1 atom stereocenters. The molecule has 0 spiro atoms. The van der Waals surface area contributed by atoms with Gasteiger partial charge in [-0.25, -0.2) is 0 Å². The molecule has 0 amide bonds. The van der Waals surface area contributed by atoms with Crippen molar-refractivity contribution in [2.24, 2.45) is 5.92 Å². The van der Waals surface area contributed by atoms with Crippen molar-refractivity contribution in [2.75, 3.05) is 40.4 Å². The minimum atomic E-state index is -0.349. The van der Waals surface area contributed by atoms with Gasteiger partial charge in [-0.2, -0.15) is 5.26 Å². The van der Waals surface area contributed by atoms with Crippen LogP contribution in [0.3, 0.4) is 0 Å². The Bertz CT molecular complexity index is 260. The monoisotopic (exact) mass is 239 g/mol. The third-order valence-electron chi connectivity index (χ3n) is 3.36. The minimum Gasteiger partial charge on any atom is -0.383 e. The van der Waals surface area contributed by atoms with Gasteiger partial charge in [-0.15, -0.1) is 0 Å². The van der Waals surface area contributed by atoms with Crippen LogP contribution in [-0.2, 0) is 4.74 Å². The molecule has 98 valence electrons. The zero-order valence-electron chi connectivity index (χ0n) is 11.3. The first-order chi connectivity index (χ1) is 8.18. The van der Waals surface area contributed by atoms with Crippen molar-refractivity contribution >= 4 is 0 Å². The average molecular weight is 239 g/mol. The number of methoxy groups -OCH3 is 1. The van der Waals surface area contributed by atoms with Gasteiger partial charge in [0.2, 0.25) is 0 Å². The Morgan fingerprint density at radius 3 is 2.71 bits per heavy atom. The van der Waals surface area contributed by atoms with Gasteiger partial charge in [0.15, 0.2) is 0 Å². The van der Waals surface area contributed by atoms with E-state index < -0.39 is 0 Å². The predicted octanol–water partition coefficient (Wildman–Crippen LogP) is 1.24. The van der Waals surface area contributed by atoms with Gasteiger partial charge in [-0.1, -0.05) is 6.92 Å². The molecule has 1 unspecified atom stereocenters. The second kappa shape index (κ2) is 6.95. The maximum atomic E-state index is 9.52. The Balaban J connectivity index is 2.53. The zero-order chi connectivity index (χ0) is 12.7.